The molecule has 25 heavy (non-hydrogen) atoms. The van der Waals surface area contributed by atoms with Crippen LogP contribution in [0.1, 0.15) is 24.2 Å². The van der Waals surface area contributed by atoms with Crippen LogP contribution in [-0.2, 0) is 6.54 Å². The molecule has 0 saturated heterocycles. The number of hydrogen-bond acceptors (Lipinski definition) is 1. The van der Waals surface area contributed by atoms with Gasteiger partial charge >= 0.3 is 6.03 Å². The molecule has 0 radical (unpaired) electrons. The summed E-state index contributed by atoms with van der Waals surface area (Å²) in [5.41, 5.74) is 4.07. The molecule has 0 spiro atoms. The highest BCUT2D eigenvalue weighted by molar-refractivity contribution is 6.30. The molecule has 2 aromatic carbocycles. The molecular formula is C20H18ClN3O. The van der Waals surface area contributed by atoms with Crippen molar-refractivity contribution in [3.63, 3.8) is 0 Å². The van der Waals surface area contributed by atoms with Crippen LogP contribution in [0.3, 0.4) is 0 Å². The zero-order valence-corrected chi connectivity index (χ0v) is 14.6. The maximum atomic E-state index is 12.9. The third-order valence-electron chi connectivity index (χ3n) is 4.62. The fraction of sp³-hybridized carbons (Fsp3) is 0.150. The van der Waals surface area contributed by atoms with E-state index < -0.39 is 0 Å². The zero-order chi connectivity index (χ0) is 17.4. The number of fused-ring (bicyclic) bond motifs is 3. The van der Waals surface area contributed by atoms with Crippen molar-refractivity contribution in [3.8, 4) is 5.69 Å². The van der Waals surface area contributed by atoms with Gasteiger partial charge in [0.2, 0.25) is 0 Å². The van der Waals surface area contributed by atoms with E-state index in [0.29, 0.717) is 11.6 Å². The van der Waals surface area contributed by atoms with Gasteiger partial charge in [0.25, 0.3) is 0 Å². The molecule has 0 saturated carbocycles. The molecule has 126 valence electrons. The molecule has 0 aliphatic carbocycles. The van der Waals surface area contributed by atoms with E-state index in [1.165, 1.54) is 0 Å². The highest BCUT2D eigenvalue weighted by Gasteiger charge is 2.28. The number of halogens is 1. The molecule has 5 heteroatoms. The fourth-order valence-corrected chi connectivity index (χ4v) is 3.42. The number of aromatic nitrogens is 1. The van der Waals surface area contributed by atoms with Crippen LogP contribution in [-0.4, -0.2) is 15.5 Å². The summed E-state index contributed by atoms with van der Waals surface area (Å²) in [5, 5.41) is 3.62. The first-order valence-corrected chi connectivity index (χ1v) is 8.60. The first kappa shape index (κ1) is 15.8. The predicted octanol–water partition coefficient (Wildman–Crippen LogP) is 5.24. The highest BCUT2D eigenvalue weighted by atomic mass is 35.5. The minimum Gasteiger partial charge on any atom is -0.318 e. The molecule has 0 unspecified atom stereocenters. The fourth-order valence-electron chi connectivity index (χ4n) is 3.29. The van der Waals surface area contributed by atoms with Crippen molar-refractivity contribution >= 4 is 23.3 Å². The smallest absolute Gasteiger partial charge is 0.318 e. The number of hydrogen-bond donors (Lipinski definition) is 1. The molecule has 4 nitrogen and oxygen atoms in total. The summed E-state index contributed by atoms with van der Waals surface area (Å²) >= 11 is 5.92. The minimum atomic E-state index is -0.126. The molecule has 1 atom stereocenters. The van der Waals surface area contributed by atoms with E-state index in [-0.39, 0.29) is 12.1 Å². The Bertz CT molecular complexity index is 917. The van der Waals surface area contributed by atoms with Gasteiger partial charge in [-0.2, -0.15) is 0 Å². The maximum Gasteiger partial charge on any atom is 0.322 e. The van der Waals surface area contributed by atoms with Gasteiger partial charge in [-0.25, -0.2) is 4.79 Å². The van der Waals surface area contributed by atoms with Gasteiger partial charge in [-0.15, -0.1) is 0 Å². The summed E-state index contributed by atoms with van der Waals surface area (Å²) in [6.07, 6.45) is 2.05. The average molecular weight is 352 g/mol. The average Bonchev–Trinajstić information content (AvgIpc) is 3.07. The highest BCUT2D eigenvalue weighted by Crippen LogP contribution is 2.32. The molecule has 4 rings (SSSR count). The van der Waals surface area contributed by atoms with Crippen LogP contribution >= 0.6 is 11.6 Å². The Morgan fingerprint density at radius 1 is 1.08 bits per heavy atom. The topological polar surface area (TPSA) is 37.3 Å². The summed E-state index contributed by atoms with van der Waals surface area (Å²) in [4.78, 5) is 14.8. The van der Waals surface area contributed by atoms with Crippen LogP contribution in [0.4, 0.5) is 10.5 Å². The Morgan fingerprint density at radius 2 is 1.84 bits per heavy atom. The molecule has 1 aliphatic heterocycles. The van der Waals surface area contributed by atoms with Crippen molar-refractivity contribution in [2.75, 3.05) is 5.32 Å². The van der Waals surface area contributed by atoms with Crippen LogP contribution < -0.4 is 5.32 Å². The zero-order valence-electron chi connectivity index (χ0n) is 13.8. The largest absolute Gasteiger partial charge is 0.322 e. The number of nitrogens with zero attached hydrogens (tertiary/aromatic N) is 2. The molecule has 1 aromatic heterocycles. The molecule has 0 fully saturated rings. The third-order valence-corrected chi connectivity index (χ3v) is 4.88. The van der Waals surface area contributed by atoms with Crippen LogP contribution in [0.25, 0.3) is 5.69 Å². The second kappa shape index (κ2) is 6.30. The second-order valence-electron chi connectivity index (χ2n) is 6.17. The van der Waals surface area contributed by atoms with Crippen LogP contribution in [0.2, 0.25) is 5.02 Å². The van der Waals surface area contributed by atoms with Crippen molar-refractivity contribution in [2.45, 2.75) is 19.5 Å². The maximum absolute atomic E-state index is 12.9. The van der Waals surface area contributed by atoms with Crippen molar-refractivity contribution in [3.05, 3.63) is 83.1 Å². The number of anilines is 1. The summed E-state index contributed by atoms with van der Waals surface area (Å²) in [6, 6.07) is 19.2. The van der Waals surface area contributed by atoms with Gasteiger partial charge in [-0.1, -0.05) is 29.8 Å². The first-order chi connectivity index (χ1) is 12.1. The lowest BCUT2D eigenvalue weighted by Crippen LogP contribution is -2.36. The van der Waals surface area contributed by atoms with Gasteiger partial charge in [0.15, 0.2) is 0 Å². The minimum absolute atomic E-state index is 0.0466. The lowest BCUT2D eigenvalue weighted by Gasteiger charge is -2.27. The van der Waals surface area contributed by atoms with Gasteiger partial charge in [0.05, 0.1) is 18.3 Å². The number of para-hydroxylation sites is 1. The van der Waals surface area contributed by atoms with Gasteiger partial charge in [-0.3, -0.25) is 0 Å². The van der Waals surface area contributed by atoms with Gasteiger partial charge in [-0.05, 0) is 55.0 Å². The van der Waals surface area contributed by atoms with Gasteiger partial charge in [0, 0.05) is 22.6 Å². The quantitative estimate of drug-likeness (QED) is 0.639. The summed E-state index contributed by atoms with van der Waals surface area (Å²) in [7, 11) is 0. The number of rotatable bonds is 1. The Balaban J connectivity index is 1.68. The Morgan fingerprint density at radius 3 is 2.64 bits per heavy atom. The monoisotopic (exact) mass is 351 g/mol. The van der Waals surface area contributed by atoms with Crippen molar-refractivity contribution in [2.24, 2.45) is 0 Å². The standard InChI is InChI=1S/C20H18ClN3O/c1-14-18-7-4-12-23(18)19-6-3-2-5-15(19)13-24(14)20(25)22-17-10-8-16(21)9-11-17/h2-12,14H,13H2,1H3,(H,22,25)/t14-/m0/s1. The van der Waals surface area contributed by atoms with E-state index >= 15 is 0 Å². The lowest BCUT2D eigenvalue weighted by atomic mass is 10.1. The summed E-state index contributed by atoms with van der Waals surface area (Å²) in [6.45, 7) is 2.61. The summed E-state index contributed by atoms with van der Waals surface area (Å²) < 4.78 is 2.16. The van der Waals surface area contributed by atoms with E-state index in [1.807, 2.05) is 29.3 Å². The van der Waals surface area contributed by atoms with E-state index in [4.69, 9.17) is 11.6 Å². The first-order valence-electron chi connectivity index (χ1n) is 8.22. The molecular weight excluding hydrogens is 334 g/mol. The third kappa shape index (κ3) is 2.89. The Hall–Kier alpha value is -2.72. The second-order valence-corrected chi connectivity index (χ2v) is 6.61. The number of urea groups is 1. The number of carbonyl (C=O) groups is 1. The van der Waals surface area contributed by atoms with E-state index in [1.54, 1.807) is 24.3 Å². The number of benzene rings is 2. The number of carbonyl (C=O) groups excluding carboxylic acids is 1. The lowest BCUT2D eigenvalue weighted by molar-refractivity contribution is 0.189. The Labute approximate surface area is 151 Å². The normalized spacial score (nSPS) is 15.9. The SMILES string of the molecule is C[C@H]1c2cccn2-c2ccccc2CN1C(=O)Nc1ccc(Cl)cc1. The van der Waals surface area contributed by atoms with Crippen LogP contribution in [0.15, 0.2) is 66.9 Å². The molecule has 3 aromatic rings. The van der Waals surface area contributed by atoms with Crippen molar-refractivity contribution < 1.29 is 4.79 Å². The number of amides is 2. The van der Waals surface area contributed by atoms with Gasteiger partial charge < -0.3 is 14.8 Å². The van der Waals surface area contributed by atoms with Crippen molar-refractivity contribution in [1.82, 2.24) is 9.47 Å². The van der Waals surface area contributed by atoms with Crippen molar-refractivity contribution in [1.29, 1.82) is 0 Å². The molecule has 0 bridgehead atoms. The predicted molar refractivity (Wildman–Crippen MR) is 100 cm³/mol. The van der Waals surface area contributed by atoms with Crippen LogP contribution in [0, 0.1) is 0 Å². The van der Waals surface area contributed by atoms with E-state index in [0.717, 1.165) is 22.6 Å². The van der Waals surface area contributed by atoms with Crippen LogP contribution in [0.5, 0.6) is 0 Å². The Kier molecular flexibility index (Phi) is 3.98. The molecule has 1 N–H and O–H groups in total. The number of nitrogens with one attached hydrogen (secondary N) is 1. The molecule has 2 amide bonds. The molecule has 1 aliphatic rings. The van der Waals surface area contributed by atoms with E-state index in [2.05, 4.69) is 35.0 Å². The van der Waals surface area contributed by atoms with Gasteiger partial charge in [0.1, 0.15) is 0 Å². The summed E-state index contributed by atoms with van der Waals surface area (Å²) in [5.74, 6) is 0. The molecule has 2 heterocycles. The van der Waals surface area contributed by atoms with E-state index in [9.17, 15) is 4.79 Å².